The van der Waals surface area contributed by atoms with E-state index in [9.17, 15) is 9.90 Å². The number of rotatable bonds is 8. The fourth-order valence-corrected chi connectivity index (χ4v) is 4.15. The first-order chi connectivity index (χ1) is 15.5. The number of carbonyl (C=O) groups is 1. The number of aryl methyl sites for hydroxylation is 1. The van der Waals surface area contributed by atoms with E-state index >= 15 is 0 Å². The molecule has 1 N–H and O–H groups in total. The van der Waals surface area contributed by atoms with Crippen molar-refractivity contribution in [2.24, 2.45) is 18.9 Å². The number of hydrogen-bond donors (Lipinski definition) is 1. The molecule has 2 fully saturated rings. The Labute approximate surface area is 184 Å². The smallest absolute Gasteiger partial charge is 0.306 e. The SMILES string of the molecule is Cn1nnc(-c2ccc(OC3CCC[C@H](C(=O)O)C3)cn2)c1Cn1nnc(CC2CC2)n1. The summed E-state index contributed by atoms with van der Waals surface area (Å²) in [4.78, 5) is 17.4. The molecule has 3 aromatic rings. The van der Waals surface area contributed by atoms with Crippen LogP contribution >= 0.6 is 0 Å². The molecular weight excluding hydrogens is 412 g/mol. The van der Waals surface area contributed by atoms with Gasteiger partial charge in [-0.05, 0) is 61.8 Å². The number of carboxylic acids is 1. The summed E-state index contributed by atoms with van der Waals surface area (Å²) in [5, 5.41) is 30.5. The van der Waals surface area contributed by atoms with Crippen LogP contribution in [0.15, 0.2) is 18.3 Å². The van der Waals surface area contributed by atoms with Gasteiger partial charge in [-0.2, -0.15) is 4.80 Å². The van der Waals surface area contributed by atoms with Gasteiger partial charge in [0.05, 0.1) is 29.6 Å². The molecule has 2 aliphatic rings. The van der Waals surface area contributed by atoms with Gasteiger partial charge in [0.25, 0.3) is 0 Å². The van der Waals surface area contributed by atoms with Crippen molar-refractivity contribution in [1.82, 2.24) is 40.2 Å². The lowest BCUT2D eigenvalue weighted by atomic mass is 9.87. The van der Waals surface area contributed by atoms with Gasteiger partial charge in [-0.1, -0.05) is 5.21 Å². The van der Waals surface area contributed by atoms with Crippen LogP contribution in [-0.4, -0.2) is 57.4 Å². The molecule has 11 nitrogen and oxygen atoms in total. The predicted octanol–water partition coefficient (Wildman–Crippen LogP) is 1.89. The molecule has 2 aliphatic carbocycles. The van der Waals surface area contributed by atoms with E-state index in [2.05, 4.69) is 30.7 Å². The zero-order chi connectivity index (χ0) is 22.1. The van der Waals surface area contributed by atoms with E-state index in [4.69, 9.17) is 4.74 Å². The Balaban J connectivity index is 1.27. The number of tetrazole rings is 1. The van der Waals surface area contributed by atoms with Gasteiger partial charge in [-0.15, -0.1) is 15.3 Å². The predicted molar refractivity (Wildman–Crippen MR) is 112 cm³/mol. The Morgan fingerprint density at radius 1 is 1.19 bits per heavy atom. The second-order valence-electron chi connectivity index (χ2n) is 8.71. The molecule has 0 bridgehead atoms. The standard InChI is InChI=1S/C21H26N8O3/c1-28-18(12-29-25-19(23-27-29)9-13-5-6-13)20(24-26-28)17-8-7-16(11-22-17)32-15-4-2-3-14(10-15)21(30)31/h7-8,11,13-15H,2-6,9-10,12H2,1H3,(H,30,31)/t14-,15?/m0/s1. The number of nitrogens with zero attached hydrogens (tertiary/aromatic N) is 8. The first kappa shape index (κ1) is 20.5. The summed E-state index contributed by atoms with van der Waals surface area (Å²) in [5.74, 6) is 1.02. The van der Waals surface area contributed by atoms with Crippen molar-refractivity contribution >= 4 is 5.97 Å². The summed E-state index contributed by atoms with van der Waals surface area (Å²) >= 11 is 0. The fourth-order valence-electron chi connectivity index (χ4n) is 4.15. The molecule has 32 heavy (non-hydrogen) atoms. The van der Waals surface area contributed by atoms with E-state index in [-0.39, 0.29) is 12.0 Å². The summed E-state index contributed by atoms with van der Waals surface area (Å²) in [6.45, 7) is 0.398. The monoisotopic (exact) mass is 438 g/mol. The lowest BCUT2D eigenvalue weighted by molar-refractivity contribution is -0.143. The number of ether oxygens (including phenoxy) is 1. The molecule has 168 valence electrons. The summed E-state index contributed by atoms with van der Waals surface area (Å²) in [6, 6.07) is 3.68. The van der Waals surface area contributed by atoms with E-state index in [1.54, 1.807) is 15.7 Å². The minimum atomic E-state index is -0.747. The number of carboxylic acid groups (broad SMARTS) is 1. The van der Waals surface area contributed by atoms with Crippen LogP contribution in [0.25, 0.3) is 11.4 Å². The molecule has 0 saturated heterocycles. The Morgan fingerprint density at radius 3 is 2.81 bits per heavy atom. The second kappa shape index (κ2) is 8.64. The van der Waals surface area contributed by atoms with E-state index in [0.29, 0.717) is 42.4 Å². The third-order valence-corrected chi connectivity index (χ3v) is 6.15. The molecule has 11 heteroatoms. The van der Waals surface area contributed by atoms with Crippen molar-refractivity contribution in [2.45, 2.75) is 57.6 Å². The van der Waals surface area contributed by atoms with E-state index in [1.807, 2.05) is 19.2 Å². The maximum atomic E-state index is 11.3. The Kier molecular flexibility index (Phi) is 5.54. The van der Waals surface area contributed by atoms with Crippen LogP contribution in [0.1, 0.15) is 50.0 Å². The molecule has 0 aromatic carbocycles. The molecule has 0 amide bonds. The highest BCUT2D eigenvalue weighted by Gasteiger charge is 2.28. The van der Waals surface area contributed by atoms with Crippen molar-refractivity contribution in [3.8, 4) is 17.1 Å². The lowest BCUT2D eigenvalue weighted by Gasteiger charge is -2.27. The van der Waals surface area contributed by atoms with Gasteiger partial charge in [0.1, 0.15) is 18.0 Å². The molecule has 5 rings (SSSR count). The van der Waals surface area contributed by atoms with Gasteiger partial charge in [0.15, 0.2) is 5.82 Å². The third kappa shape index (κ3) is 4.61. The fraction of sp³-hybridized carbons (Fsp3) is 0.571. The van der Waals surface area contributed by atoms with E-state index in [0.717, 1.165) is 30.8 Å². The van der Waals surface area contributed by atoms with E-state index in [1.165, 1.54) is 12.8 Å². The highest BCUT2D eigenvalue weighted by atomic mass is 16.5. The summed E-state index contributed by atoms with van der Waals surface area (Å²) < 4.78 is 7.69. The molecule has 3 aromatic heterocycles. The Hall–Kier alpha value is -3.37. The lowest BCUT2D eigenvalue weighted by Crippen LogP contribution is -2.29. The van der Waals surface area contributed by atoms with Crippen molar-refractivity contribution in [1.29, 1.82) is 0 Å². The highest BCUT2D eigenvalue weighted by molar-refractivity contribution is 5.70. The van der Waals surface area contributed by atoms with Crippen LogP contribution in [-0.2, 0) is 24.8 Å². The molecule has 2 atom stereocenters. The molecule has 0 radical (unpaired) electrons. The maximum Gasteiger partial charge on any atom is 0.306 e. The van der Waals surface area contributed by atoms with Gasteiger partial charge in [-0.25, -0.2) is 4.68 Å². The van der Waals surface area contributed by atoms with Crippen LogP contribution in [0.3, 0.4) is 0 Å². The van der Waals surface area contributed by atoms with Gasteiger partial charge in [-0.3, -0.25) is 9.78 Å². The van der Waals surface area contributed by atoms with Gasteiger partial charge < -0.3 is 9.84 Å². The van der Waals surface area contributed by atoms with Gasteiger partial charge in [0.2, 0.25) is 0 Å². The number of pyridine rings is 1. The van der Waals surface area contributed by atoms with Gasteiger partial charge >= 0.3 is 5.97 Å². The summed E-state index contributed by atoms with van der Waals surface area (Å²) in [5.41, 5.74) is 2.16. The normalized spacial score (nSPS) is 20.9. The third-order valence-electron chi connectivity index (χ3n) is 6.15. The van der Waals surface area contributed by atoms with Crippen LogP contribution in [0.4, 0.5) is 0 Å². The van der Waals surface area contributed by atoms with Crippen LogP contribution in [0.2, 0.25) is 0 Å². The quantitative estimate of drug-likeness (QED) is 0.559. The average molecular weight is 438 g/mol. The zero-order valence-electron chi connectivity index (χ0n) is 18.0. The molecule has 2 saturated carbocycles. The molecule has 1 unspecified atom stereocenters. The van der Waals surface area contributed by atoms with E-state index < -0.39 is 5.97 Å². The van der Waals surface area contributed by atoms with Crippen LogP contribution < -0.4 is 4.74 Å². The van der Waals surface area contributed by atoms with Crippen molar-refractivity contribution in [2.75, 3.05) is 0 Å². The minimum Gasteiger partial charge on any atom is -0.489 e. The minimum absolute atomic E-state index is 0.104. The number of hydrogen-bond acceptors (Lipinski definition) is 8. The summed E-state index contributed by atoms with van der Waals surface area (Å²) in [7, 11) is 1.83. The Bertz CT molecular complexity index is 1090. The average Bonchev–Trinajstić information content (AvgIpc) is 3.38. The largest absolute Gasteiger partial charge is 0.489 e. The highest BCUT2D eigenvalue weighted by Crippen LogP contribution is 2.31. The summed E-state index contributed by atoms with van der Waals surface area (Å²) in [6.07, 6.45) is 7.87. The molecule has 0 spiro atoms. The van der Waals surface area contributed by atoms with Gasteiger partial charge in [0, 0.05) is 13.5 Å². The van der Waals surface area contributed by atoms with Crippen LogP contribution in [0, 0.1) is 11.8 Å². The van der Waals surface area contributed by atoms with Crippen molar-refractivity contribution < 1.29 is 14.6 Å². The van der Waals surface area contributed by atoms with Crippen LogP contribution in [0.5, 0.6) is 5.75 Å². The first-order valence-corrected chi connectivity index (χ1v) is 11.1. The Morgan fingerprint density at radius 2 is 2.06 bits per heavy atom. The van der Waals surface area contributed by atoms with Crippen molar-refractivity contribution in [3.05, 3.63) is 29.8 Å². The first-order valence-electron chi connectivity index (χ1n) is 11.1. The number of aromatic nitrogens is 8. The molecular formula is C21H26N8O3. The molecule has 0 aliphatic heterocycles. The number of aliphatic carboxylic acids is 1. The topological polar surface area (TPSA) is 134 Å². The van der Waals surface area contributed by atoms with Crippen molar-refractivity contribution in [3.63, 3.8) is 0 Å². The maximum absolute atomic E-state index is 11.3. The second-order valence-corrected chi connectivity index (χ2v) is 8.71. The zero-order valence-corrected chi connectivity index (χ0v) is 18.0. The molecule has 3 heterocycles.